The normalized spacial score (nSPS) is 20.6. The van der Waals surface area contributed by atoms with E-state index < -0.39 is 0 Å². The van der Waals surface area contributed by atoms with E-state index in [0.717, 1.165) is 0 Å². The predicted molar refractivity (Wildman–Crippen MR) is 82.7 cm³/mol. The van der Waals surface area contributed by atoms with Crippen molar-refractivity contribution in [1.29, 1.82) is 0 Å². The van der Waals surface area contributed by atoms with Crippen LogP contribution in [0.15, 0.2) is 42.5 Å². The van der Waals surface area contributed by atoms with Gasteiger partial charge in [0.25, 0.3) is 0 Å². The van der Waals surface area contributed by atoms with Gasteiger partial charge in [0.05, 0.1) is 0 Å². The first kappa shape index (κ1) is 12.5. The molecule has 0 saturated carbocycles. The van der Waals surface area contributed by atoms with Gasteiger partial charge in [0.15, 0.2) is 0 Å². The summed E-state index contributed by atoms with van der Waals surface area (Å²) in [6, 6.07) is 16.3. The van der Waals surface area contributed by atoms with Gasteiger partial charge < -0.3 is 10.6 Å². The van der Waals surface area contributed by atoms with Crippen LogP contribution in [0.2, 0.25) is 0 Å². The molecule has 2 heteroatoms. The lowest BCUT2D eigenvalue weighted by Crippen LogP contribution is -2.29. The molecule has 0 spiro atoms. The summed E-state index contributed by atoms with van der Waals surface area (Å²) in [6.45, 7) is 3.46. The van der Waals surface area contributed by atoms with Crippen molar-refractivity contribution < 1.29 is 0 Å². The van der Waals surface area contributed by atoms with Crippen LogP contribution in [-0.4, -0.2) is 18.6 Å². The fourth-order valence-corrected chi connectivity index (χ4v) is 3.01. The van der Waals surface area contributed by atoms with Gasteiger partial charge in [-0.25, -0.2) is 0 Å². The average Bonchev–Trinajstić information content (AvgIpc) is 2.91. The molecule has 2 aromatic carbocycles. The third-order valence-corrected chi connectivity index (χ3v) is 3.96. The van der Waals surface area contributed by atoms with E-state index in [0.29, 0.717) is 12.1 Å². The second-order valence-corrected chi connectivity index (χ2v) is 5.64. The molecule has 0 bridgehead atoms. The van der Waals surface area contributed by atoms with Crippen molar-refractivity contribution in [2.45, 2.75) is 38.3 Å². The van der Waals surface area contributed by atoms with Crippen LogP contribution >= 0.6 is 0 Å². The van der Waals surface area contributed by atoms with Gasteiger partial charge in [-0.2, -0.15) is 0 Å². The molecule has 1 aliphatic rings. The van der Waals surface area contributed by atoms with Gasteiger partial charge in [-0.3, -0.25) is 0 Å². The minimum Gasteiger partial charge on any atom is -0.383 e. The van der Waals surface area contributed by atoms with Crippen LogP contribution in [0.1, 0.15) is 26.2 Å². The lowest BCUT2D eigenvalue weighted by molar-refractivity contribution is 0.523. The van der Waals surface area contributed by atoms with E-state index in [2.05, 4.69) is 60.0 Å². The first-order valence-electron chi connectivity index (χ1n) is 7.30. The van der Waals surface area contributed by atoms with Crippen LogP contribution in [0.4, 0.5) is 5.69 Å². The van der Waals surface area contributed by atoms with Crippen molar-refractivity contribution in [3.05, 3.63) is 42.5 Å². The molecular formula is C17H22N2. The second kappa shape index (κ2) is 5.62. The smallest absolute Gasteiger partial charge is 0.0348 e. The van der Waals surface area contributed by atoms with Crippen LogP contribution in [0.25, 0.3) is 10.8 Å². The Kier molecular flexibility index (Phi) is 3.69. The second-order valence-electron chi connectivity index (χ2n) is 5.64. The topological polar surface area (TPSA) is 24.1 Å². The van der Waals surface area contributed by atoms with Crippen molar-refractivity contribution in [2.24, 2.45) is 0 Å². The average molecular weight is 254 g/mol. The van der Waals surface area contributed by atoms with E-state index in [1.165, 1.54) is 42.3 Å². The minimum atomic E-state index is 0.511. The number of hydrogen-bond acceptors (Lipinski definition) is 2. The lowest BCUT2D eigenvalue weighted by atomic mass is 10.1. The van der Waals surface area contributed by atoms with Crippen LogP contribution in [0.3, 0.4) is 0 Å². The molecule has 0 amide bonds. The Bertz CT molecular complexity index is 544. The fraction of sp³-hybridized carbons (Fsp3) is 0.412. The molecule has 0 aromatic heterocycles. The SMILES string of the molecule is CC(CC1CCCN1)Nc1ccc2ccccc2c1. The maximum Gasteiger partial charge on any atom is 0.0348 e. The molecule has 0 aliphatic carbocycles. The molecule has 0 radical (unpaired) electrons. The number of benzene rings is 2. The number of fused-ring (bicyclic) bond motifs is 1. The first-order chi connectivity index (χ1) is 9.31. The Hall–Kier alpha value is -1.54. The highest BCUT2D eigenvalue weighted by Gasteiger charge is 2.16. The van der Waals surface area contributed by atoms with Gasteiger partial charge in [-0.1, -0.05) is 30.3 Å². The van der Waals surface area contributed by atoms with Crippen molar-refractivity contribution in [3.63, 3.8) is 0 Å². The van der Waals surface area contributed by atoms with Gasteiger partial charge in [0.1, 0.15) is 0 Å². The first-order valence-corrected chi connectivity index (χ1v) is 7.30. The minimum absolute atomic E-state index is 0.511. The van der Waals surface area contributed by atoms with E-state index in [-0.39, 0.29) is 0 Å². The van der Waals surface area contributed by atoms with Crippen molar-refractivity contribution in [3.8, 4) is 0 Å². The highest BCUT2D eigenvalue weighted by atomic mass is 15.0. The van der Waals surface area contributed by atoms with E-state index in [1.807, 2.05) is 0 Å². The molecule has 2 atom stereocenters. The highest BCUT2D eigenvalue weighted by Crippen LogP contribution is 2.20. The Morgan fingerprint density at radius 3 is 2.84 bits per heavy atom. The number of anilines is 1. The molecule has 2 unspecified atom stereocenters. The summed E-state index contributed by atoms with van der Waals surface area (Å²) in [5.74, 6) is 0. The predicted octanol–water partition coefficient (Wildman–Crippen LogP) is 3.78. The largest absolute Gasteiger partial charge is 0.383 e. The third kappa shape index (κ3) is 3.07. The molecule has 100 valence electrons. The van der Waals surface area contributed by atoms with Crippen molar-refractivity contribution in [2.75, 3.05) is 11.9 Å². The van der Waals surface area contributed by atoms with E-state index in [9.17, 15) is 0 Å². The zero-order chi connectivity index (χ0) is 13.1. The van der Waals surface area contributed by atoms with Gasteiger partial charge in [0, 0.05) is 17.8 Å². The summed E-state index contributed by atoms with van der Waals surface area (Å²) in [7, 11) is 0. The van der Waals surface area contributed by atoms with E-state index in [4.69, 9.17) is 0 Å². The molecule has 2 aromatic rings. The van der Waals surface area contributed by atoms with Gasteiger partial charge in [0.2, 0.25) is 0 Å². The summed E-state index contributed by atoms with van der Waals surface area (Å²) in [4.78, 5) is 0. The van der Waals surface area contributed by atoms with Crippen molar-refractivity contribution >= 4 is 16.5 Å². The summed E-state index contributed by atoms with van der Waals surface area (Å²) in [5, 5.41) is 9.79. The zero-order valence-corrected chi connectivity index (χ0v) is 11.5. The number of hydrogen-bond donors (Lipinski definition) is 2. The lowest BCUT2D eigenvalue weighted by Gasteiger charge is -2.19. The van der Waals surface area contributed by atoms with Gasteiger partial charge in [-0.15, -0.1) is 0 Å². The number of rotatable bonds is 4. The molecule has 1 saturated heterocycles. The Morgan fingerprint density at radius 2 is 2.05 bits per heavy atom. The van der Waals surface area contributed by atoms with Crippen LogP contribution < -0.4 is 10.6 Å². The summed E-state index contributed by atoms with van der Waals surface area (Å²) >= 11 is 0. The summed E-state index contributed by atoms with van der Waals surface area (Å²) < 4.78 is 0. The fourth-order valence-electron chi connectivity index (χ4n) is 3.01. The molecule has 19 heavy (non-hydrogen) atoms. The van der Waals surface area contributed by atoms with Crippen LogP contribution in [0.5, 0.6) is 0 Å². The quantitative estimate of drug-likeness (QED) is 0.867. The zero-order valence-electron chi connectivity index (χ0n) is 11.5. The summed E-state index contributed by atoms with van der Waals surface area (Å²) in [5.41, 5.74) is 1.23. The third-order valence-electron chi connectivity index (χ3n) is 3.96. The van der Waals surface area contributed by atoms with Crippen LogP contribution in [0, 0.1) is 0 Å². The Morgan fingerprint density at radius 1 is 1.21 bits per heavy atom. The Labute approximate surface area is 115 Å². The van der Waals surface area contributed by atoms with Crippen LogP contribution in [-0.2, 0) is 0 Å². The summed E-state index contributed by atoms with van der Waals surface area (Å²) in [6.07, 6.45) is 3.85. The monoisotopic (exact) mass is 254 g/mol. The number of nitrogens with one attached hydrogen (secondary N) is 2. The highest BCUT2D eigenvalue weighted by molar-refractivity contribution is 5.85. The van der Waals surface area contributed by atoms with Gasteiger partial charge >= 0.3 is 0 Å². The maximum absolute atomic E-state index is 3.62. The molecule has 3 rings (SSSR count). The standard InChI is InChI=1S/C17H22N2/c1-13(11-16-7-4-10-18-16)19-17-9-8-14-5-2-3-6-15(14)12-17/h2-3,5-6,8-9,12-13,16,18-19H,4,7,10-11H2,1H3. The van der Waals surface area contributed by atoms with E-state index >= 15 is 0 Å². The maximum atomic E-state index is 3.62. The molecule has 1 fully saturated rings. The molecule has 1 aliphatic heterocycles. The molecule has 2 N–H and O–H groups in total. The molecular weight excluding hydrogens is 232 g/mol. The molecule has 2 nitrogen and oxygen atoms in total. The van der Waals surface area contributed by atoms with Crippen molar-refractivity contribution in [1.82, 2.24) is 5.32 Å². The van der Waals surface area contributed by atoms with Gasteiger partial charge in [-0.05, 0) is 55.6 Å². The molecule has 1 heterocycles. The Balaban J connectivity index is 1.66. The van der Waals surface area contributed by atoms with E-state index in [1.54, 1.807) is 0 Å².